The molecule has 0 fully saturated rings. The molecule has 4 aromatic rings. The Labute approximate surface area is 261 Å². The maximum atomic E-state index is 11.6. The summed E-state index contributed by atoms with van der Waals surface area (Å²) in [5.74, 6) is 0.524. The van der Waals surface area contributed by atoms with Gasteiger partial charge >= 0.3 is 35.3 Å². The van der Waals surface area contributed by atoms with Crippen molar-refractivity contribution in [3.05, 3.63) is 104 Å². The Hall–Kier alpha value is -3.53. The van der Waals surface area contributed by atoms with Gasteiger partial charge in [0.1, 0.15) is 18.1 Å². The van der Waals surface area contributed by atoms with E-state index in [9.17, 15) is 14.4 Å². The summed E-state index contributed by atoms with van der Waals surface area (Å²) < 4.78 is 17.7. The Morgan fingerprint density at radius 3 is 2.32 bits per heavy atom. The molecule has 210 valence electrons. The molecule has 0 aliphatic heterocycles. The Kier molecular flexibility index (Phi) is 10.8. The standard InChI is InChI=1S/C31H35N3O6.Na/c1-20-17-26(38-16-15-31(4,5)33-22(3)35)13-14-27(20)28-8-6-7-24(21(28)2)19-39-25-11-9-23(10-12-25)18-34-29(36)32-30(37)40-34;/h6-14,17H,15-16,18-19H2,1-5H3,(H2,32,33,35,36,37);/q;+1/p-1. The first-order chi connectivity index (χ1) is 19.0. The summed E-state index contributed by atoms with van der Waals surface area (Å²) in [6, 6.07) is 19.5. The predicted molar refractivity (Wildman–Crippen MR) is 152 cm³/mol. The number of nitrogens with zero attached hydrogens (tertiary/aromatic N) is 2. The van der Waals surface area contributed by atoms with Gasteiger partial charge in [-0.05, 0) is 85.3 Å². The maximum absolute atomic E-state index is 11.6. The average Bonchev–Trinajstić information content (AvgIpc) is 3.20. The Balaban J connectivity index is 0.00000462. The molecule has 0 aliphatic rings. The third-order valence-electron chi connectivity index (χ3n) is 6.68. The van der Waals surface area contributed by atoms with Crippen molar-refractivity contribution in [3.63, 3.8) is 0 Å². The molecule has 1 aromatic heterocycles. The van der Waals surface area contributed by atoms with E-state index in [1.807, 2.05) is 62.4 Å². The van der Waals surface area contributed by atoms with Crippen LogP contribution in [0.5, 0.6) is 11.5 Å². The van der Waals surface area contributed by atoms with Crippen LogP contribution in [0.2, 0.25) is 0 Å². The molecule has 0 bridgehead atoms. The van der Waals surface area contributed by atoms with Crippen LogP contribution in [0.4, 0.5) is 0 Å². The number of aromatic nitrogens is 2. The second kappa shape index (κ2) is 13.9. The molecule has 41 heavy (non-hydrogen) atoms. The molecule has 0 radical (unpaired) electrons. The molecule has 10 heteroatoms. The van der Waals surface area contributed by atoms with Gasteiger partial charge in [-0.3, -0.25) is 14.3 Å². The first kappa shape index (κ1) is 32.0. The summed E-state index contributed by atoms with van der Waals surface area (Å²) in [6.45, 7) is 10.6. The van der Waals surface area contributed by atoms with E-state index in [1.54, 1.807) is 0 Å². The second-order valence-electron chi connectivity index (χ2n) is 10.5. The van der Waals surface area contributed by atoms with E-state index in [4.69, 9.17) is 14.0 Å². The maximum Gasteiger partial charge on any atom is 1.00 e. The summed E-state index contributed by atoms with van der Waals surface area (Å²) in [5.41, 5.74) is 5.29. The van der Waals surface area contributed by atoms with Crippen LogP contribution in [-0.4, -0.2) is 22.8 Å². The van der Waals surface area contributed by atoms with Gasteiger partial charge in [0, 0.05) is 25.4 Å². The molecule has 4 rings (SSSR count). The number of rotatable bonds is 11. The first-order valence-electron chi connectivity index (χ1n) is 13.1. The number of carbonyl (C=O) groups excluding carboxylic acids is 1. The monoisotopic (exact) mass is 567 g/mol. The fourth-order valence-corrected chi connectivity index (χ4v) is 4.53. The van der Waals surface area contributed by atoms with E-state index < -0.39 is 11.4 Å². The summed E-state index contributed by atoms with van der Waals surface area (Å²) >= 11 is 0. The van der Waals surface area contributed by atoms with Crippen molar-refractivity contribution in [2.24, 2.45) is 0 Å². The van der Waals surface area contributed by atoms with Crippen molar-refractivity contribution in [2.45, 2.75) is 59.7 Å². The van der Waals surface area contributed by atoms with Gasteiger partial charge in [0.15, 0.2) is 5.69 Å². The summed E-state index contributed by atoms with van der Waals surface area (Å²) in [6.07, 6.45) is 0.695. The molecule has 0 aliphatic carbocycles. The van der Waals surface area contributed by atoms with Crippen LogP contribution >= 0.6 is 0 Å². The van der Waals surface area contributed by atoms with Crippen LogP contribution in [0.25, 0.3) is 11.1 Å². The number of hydrogen-bond acceptors (Lipinski definition) is 6. The number of ether oxygens (including phenoxy) is 2. The minimum atomic E-state index is -0.901. The summed E-state index contributed by atoms with van der Waals surface area (Å²) in [5, 5.41) is 2.94. The van der Waals surface area contributed by atoms with Gasteiger partial charge in [0.25, 0.3) is 0 Å². The Bertz CT molecular complexity index is 1600. The summed E-state index contributed by atoms with van der Waals surface area (Å²) in [4.78, 5) is 37.3. The van der Waals surface area contributed by atoms with Crippen molar-refractivity contribution in [2.75, 3.05) is 6.61 Å². The van der Waals surface area contributed by atoms with Gasteiger partial charge < -0.3 is 24.3 Å². The predicted octanol–water partition coefficient (Wildman–Crippen LogP) is 1.36. The van der Waals surface area contributed by atoms with E-state index >= 15 is 0 Å². The van der Waals surface area contributed by atoms with E-state index in [2.05, 4.69) is 36.3 Å². The molecule has 0 saturated heterocycles. The molecule has 0 saturated carbocycles. The van der Waals surface area contributed by atoms with Crippen molar-refractivity contribution in [1.29, 1.82) is 0 Å². The van der Waals surface area contributed by atoms with Crippen LogP contribution < -0.4 is 60.8 Å². The third-order valence-corrected chi connectivity index (χ3v) is 6.68. The minimum absolute atomic E-state index is 0. The number of benzene rings is 3. The number of nitrogens with one attached hydrogen (secondary N) is 1. The fourth-order valence-electron chi connectivity index (χ4n) is 4.53. The second-order valence-corrected chi connectivity index (χ2v) is 10.5. The van der Waals surface area contributed by atoms with Gasteiger partial charge in [-0.2, -0.15) is 0 Å². The smallest absolute Gasteiger partial charge is 0.493 e. The van der Waals surface area contributed by atoms with Gasteiger partial charge in [-0.25, -0.2) is 4.79 Å². The van der Waals surface area contributed by atoms with E-state index in [1.165, 1.54) is 6.92 Å². The van der Waals surface area contributed by atoms with Crippen LogP contribution in [-0.2, 0) is 17.9 Å². The largest absolute Gasteiger partial charge is 1.00 e. The zero-order valence-corrected chi connectivity index (χ0v) is 26.4. The minimum Gasteiger partial charge on any atom is -0.493 e. The number of carbonyl (C=O) groups is 1. The molecule has 1 N–H and O–H groups in total. The summed E-state index contributed by atoms with van der Waals surface area (Å²) in [7, 11) is 0. The Morgan fingerprint density at radius 1 is 0.976 bits per heavy atom. The van der Waals surface area contributed by atoms with Crippen LogP contribution in [0.3, 0.4) is 0 Å². The van der Waals surface area contributed by atoms with Crippen LogP contribution in [0.15, 0.2) is 74.8 Å². The van der Waals surface area contributed by atoms with Crippen molar-refractivity contribution in [1.82, 2.24) is 15.0 Å². The topological polar surface area (TPSA) is 114 Å². The normalized spacial score (nSPS) is 11.0. The molecular formula is C31H34N3NaO6. The van der Waals surface area contributed by atoms with Gasteiger partial charge in [0.2, 0.25) is 5.91 Å². The molecule has 0 unspecified atom stereocenters. The van der Waals surface area contributed by atoms with Crippen molar-refractivity contribution < 1.29 is 48.3 Å². The molecule has 1 amide bonds. The third kappa shape index (κ3) is 8.73. The van der Waals surface area contributed by atoms with Gasteiger partial charge in [0.05, 0.1) is 6.61 Å². The fraction of sp³-hybridized carbons (Fsp3) is 0.323. The molecular weight excluding hydrogens is 533 g/mol. The van der Waals surface area contributed by atoms with Gasteiger partial charge in [-0.1, -0.05) is 36.4 Å². The van der Waals surface area contributed by atoms with E-state index in [-0.39, 0.29) is 47.5 Å². The van der Waals surface area contributed by atoms with E-state index in [0.717, 1.165) is 43.9 Å². The van der Waals surface area contributed by atoms with E-state index in [0.29, 0.717) is 25.4 Å². The number of aryl methyl sites for hydroxylation is 1. The number of amides is 1. The quantitative estimate of drug-likeness (QED) is 0.272. The molecule has 0 atom stereocenters. The average molecular weight is 568 g/mol. The molecule has 3 aromatic carbocycles. The SMILES string of the molecule is CC(=O)NC(C)(C)CCOc1ccc(-c2cccc(COc3ccc(Cn4oc(=O)[n-]c4=O)cc3)c2C)c(C)c1.[Na+]. The Morgan fingerprint density at radius 2 is 1.68 bits per heavy atom. The number of hydrogen-bond donors (Lipinski definition) is 1. The van der Waals surface area contributed by atoms with Crippen LogP contribution in [0.1, 0.15) is 49.4 Å². The van der Waals surface area contributed by atoms with Crippen molar-refractivity contribution >= 4 is 5.91 Å². The van der Waals surface area contributed by atoms with Crippen LogP contribution in [0, 0.1) is 13.8 Å². The van der Waals surface area contributed by atoms with Crippen molar-refractivity contribution in [3.8, 4) is 22.6 Å². The van der Waals surface area contributed by atoms with Gasteiger partial charge in [-0.15, -0.1) is 0 Å². The zero-order chi connectivity index (χ0) is 28.9. The zero-order valence-electron chi connectivity index (χ0n) is 24.4. The molecule has 0 spiro atoms. The molecule has 1 heterocycles. The first-order valence-corrected chi connectivity index (χ1v) is 13.1. The molecule has 9 nitrogen and oxygen atoms in total.